The molecular formula is C9H10N3O. The monoisotopic (exact) mass is 176 g/mol. The highest BCUT2D eigenvalue weighted by Crippen LogP contribution is 2.06. The maximum Gasteiger partial charge on any atom is 0.330 e. The van der Waals surface area contributed by atoms with Gasteiger partial charge in [-0.3, -0.25) is 9.13 Å². The zero-order valence-electron chi connectivity index (χ0n) is 7.61. The van der Waals surface area contributed by atoms with Gasteiger partial charge >= 0.3 is 5.69 Å². The number of nitrogens with zero attached hydrogens (tertiary/aromatic N) is 3. The molecule has 0 N–H and O–H groups in total. The van der Waals surface area contributed by atoms with Crippen molar-refractivity contribution in [2.45, 2.75) is 13.5 Å². The van der Waals surface area contributed by atoms with Gasteiger partial charge in [-0.2, -0.15) is 0 Å². The third-order valence-electron chi connectivity index (χ3n) is 2.12. The van der Waals surface area contributed by atoms with Crippen LogP contribution in [0.2, 0.25) is 0 Å². The molecule has 0 aliphatic rings. The van der Waals surface area contributed by atoms with Gasteiger partial charge in [0.05, 0.1) is 5.52 Å². The molecule has 4 nitrogen and oxygen atoms in total. The number of aryl methyl sites for hydroxylation is 2. The fraction of sp³-hybridized carbons (Fsp3) is 0.333. The summed E-state index contributed by atoms with van der Waals surface area (Å²) in [5.41, 5.74) is 1.43. The van der Waals surface area contributed by atoms with Crippen LogP contribution in [0.1, 0.15) is 6.92 Å². The maximum atomic E-state index is 11.6. The first-order valence-electron chi connectivity index (χ1n) is 4.17. The summed E-state index contributed by atoms with van der Waals surface area (Å²) in [7, 11) is 1.72. The number of pyridine rings is 1. The van der Waals surface area contributed by atoms with Gasteiger partial charge in [-0.25, -0.2) is 9.78 Å². The predicted octanol–water partition coefficient (Wildman–Crippen LogP) is 0.555. The zero-order valence-corrected chi connectivity index (χ0v) is 7.61. The molecule has 13 heavy (non-hydrogen) atoms. The molecule has 0 spiro atoms. The molecule has 0 atom stereocenters. The highest BCUT2D eigenvalue weighted by molar-refractivity contribution is 5.70. The highest BCUT2D eigenvalue weighted by atomic mass is 16.1. The van der Waals surface area contributed by atoms with Gasteiger partial charge in [-0.15, -0.1) is 0 Å². The van der Waals surface area contributed by atoms with E-state index in [2.05, 4.69) is 11.1 Å². The van der Waals surface area contributed by atoms with Crippen LogP contribution in [0, 0.1) is 6.07 Å². The molecule has 0 aliphatic heterocycles. The topological polar surface area (TPSA) is 39.8 Å². The summed E-state index contributed by atoms with van der Waals surface area (Å²) >= 11 is 0. The number of hydrogen-bond acceptors (Lipinski definition) is 2. The molecule has 4 heteroatoms. The Morgan fingerprint density at radius 1 is 1.62 bits per heavy atom. The molecule has 0 bridgehead atoms. The molecule has 2 rings (SSSR count). The second-order valence-electron chi connectivity index (χ2n) is 2.85. The Morgan fingerprint density at radius 3 is 3.08 bits per heavy atom. The first-order valence-corrected chi connectivity index (χ1v) is 4.17. The van der Waals surface area contributed by atoms with Gasteiger partial charge in [0.15, 0.2) is 5.65 Å². The number of rotatable bonds is 1. The molecule has 1 radical (unpaired) electrons. The molecule has 0 saturated heterocycles. The van der Waals surface area contributed by atoms with Crippen molar-refractivity contribution in [2.24, 2.45) is 7.05 Å². The van der Waals surface area contributed by atoms with E-state index in [1.807, 2.05) is 6.92 Å². The Bertz CT molecular complexity index is 495. The number of hydrogen-bond donors (Lipinski definition) is 0. The van der Waals surface area contributed by atoms with E-state index >= 15 is 0 Å². The van der Waals surface area contributed by atoms with Crippen molar-refractivity contribution >= 4 is 11.2 Å². The van der Waals surface area contributed by atoms with Crippen LogP contribution in [0.25, 0.3) is 11.2 Å². The minimum absolute atomic E-state index is 0.0348. The first kappa shape index (κ1) is 8.04. The van der Waals surface area contributed by atoms with Crippen molar-refractivity contribution in [1.29, 1.82) is 0 Å². The van der Waals surface area contributed by atoms with E-state index in [1.54, 1.807) is 23.9 Å². The van der Waals surface area contributed by atoms with Crippen LogP contribution in [-0.4, -0.2) is 14.1 Å². The molecule has 2 aromatic heterocycles. The Balaban J connectivity index is 2.98. The quantitative estimate of drug-likeness (QED) is 0.636. The van der Waals surface area contributed by atoms with Crippen molar-refractivity contribution in [2.75, 3.05) is 0 Å². The van der Waals surface area contributed by atoms with E-state index in [0.29, 0.717) is 12.2 Å². The van der Waals surface area contributed by atoms with Gasteiger partial charge < -0.3 is 0 Å². The number of aromatic nitrogens is 3. The van der Waals surface area contributed by atoms with Gasteiger partial charge in [0, 0.05) is 25.9 Å². The van der Waals surface area contributed by atoms with Gasteiger partial charge in [-0.05, 0) is 13.0 Å². The van der Waals surface area contributed by atoms with Crippen molar-refractivity contribution < 1.29 is 0 Å². The highest BCUT2D eigenvalue weighted by Gasteiger charge is 2.08. The Kier molecular flexibility index (Phi) is 1.69. The van der Waals surface area contributed by atoms with Crippen LogP contribution in [0.5, 0.6) is 0 Å². The fourth-order valence-electron chi connectivity index (χ4n) is 1.45. The Labute approximate surface area is 75.4 Å². The van der Waals surface area contributed by atoms with Crippen LogP contribution < -0.4 is 5.69 Å². The van der Waals surface area contributed by atoms with E-state index in [4.69, 9.17) is 0 Å². The predicted molar refractivity (Wildman–Crippen MR) is 49.5 cm³/mol. The van der Waals surface area contributed by atoms with Gasteiger partial charge in [0.2, 0.25) is 0 Å². The lowest BCUT2D eigenvalue weighted by Crippen LogP contribution is -2.21. The molecule has 0 fully saturated rings. The summed E-state index contributed by atoms with van der Waals surface area (Å²) in [6, 6.07) is 4.73. The summed E-state index contributed by atoms with van der Waals surface area (Å²) in [5, 5.41) is 0. The van der Waals surface area contributed by atoms with Gasteiger partial charge in [0.25, 0.3) is 0 Å². The normalized spacial score (nSPS) is 10.9. The van der Waals surface area contributed by atoms with E-state index in [9.17, 15) is 4.79 Å². The molecule has 0 aliphatic carbocycles. The lowest BCUT2D eigenvalue weighted by molar-refractivity contribution is 0.711. The number of fused-ring (bicyclic) bond motifs is 1. The third kappa shape index (κ3) is 0.983. The molecule has 0 saturated carbocycles. The lowest BCUT2D eigenvalue weighted by atomic mass is 10.4. The third-order valence-corrected chi connectivity index (χ3v) is 2.12. The molecule has 67 valence electrons. The second kappa shape index (κ2) is 2.73. The molecule has 2 heterocycles. The SMILES string of the molecule is CCn1c(=O)n(C)c2ncc[c]c21. The van der Waals surface area contributed by atoms with Crippen LogP contribution >= 0.6 is 0 Å². The molecule has 0 aromatic carbocycles. The van der Waals surface area contributed by atoms with Crippen LogP contribution in [0.3, 0.4) is 0 Å². The van der Waals surface area contributed by atoms with Crippen molar-refractivity contribution in [3.8, 4) is 0 Å². The molecular weight excluding hydrogens is 166 g/mol. The van der Waals surface area contributed by atoms with E-state index < -0.39 is 0 Å². The van der Waals surface area contributed by atoms with E-state index in [-0.39, 0.29) is 5.69 Å². The van der Waals surface area contributed by atoms with Gasteiger partial charge in [0.1, 0.15) is 0 Å². The fourth-order valence-corrected chi connectivity index (χ4v) is 1.45. The molecule has 2 aromatic rings. The maximum absolute atomic E-state index is 11.6. The largest absolute Gasteiger partial charge is 0.330 e. The summed E-state index contributed by atoms with van der Waals surface area (Å²) in [5.74, 6) is 0. The summed E-state index contributed by atoms with van der Waals surface area (Å²) in [6.07, 6.45) is 1.64. The average Bonchev–Trinajstić information content (AvgIpc) is 2.41. The average molecular weight is 176 g/mol. The van der Waals surface area contributed by atoms with E-state index in [0.717, 1.165) is 5.52 Å². The zero-order chi connectivity index (χ0) is 9.42. The van der Waals surface area contributed by atoms with Gasteiger partial charge in [-0.1, -0.05) is 0 Å². The first-order chi connectivity index (χ1) is 6.25. The van der Waals surface area contributed by atoms with Crippen molar-refractivity contribution in [3.63, 3.8) is 0 Å². The van der Waals surface area contributed by atoms with Crippen molar-refractivity contribution in [1.82, 2.24) is 14.1 Å². The van der Waals surface area contributed by atoms with Crippen LogP contribution in [0.15, 0.2) is 17.1 Å². The Hall–Kier alpha value is -1.58. The summed E-state index contributed by atoms with van der Waals surface area (Å²) in [6.45, 7) is 2.58. The smallest absolute Gasteiger partial charge is 0.290 e. The summed E-state index contributed by atoms with van der Waals surface area (Å²) in [4.78, 5) is 15.7. The molecule has 0 unspecified atom stereocenters. The number of imidazole rings is 1. The minimum atomic E-state index is -0.0348. The minimum Gasteiger partial charge on any atom is -0.290 e. The second-order valence-corrected chi connectivity index (χ2v) is 2.85. The summed E-state index contributed by atoms with van der Waals surface area (Å²) < 4.78 is 3.19. The standard InChI is InChI=1S/C9H10N3O/c1-3-12-7-5-4-6-10-8(7)11(2)9(12)13/h4,6H,3H2,1-2H3. The molecule has 0 amide bonds. The lowest BCUT2D eigenvalue weighted by Gasteiger charge is -1.93. The van der Waals surface area contributed by atoms with Crippen LogP contribution in [-0.2, 0) is 13.6 Å². The van der Waals surface area contributed by atoms with E-state index in [1.165, 1.54) is 4.57 Å². The van der Waals surface area contributed by atoms with Crippen molar-refractivity contribution in [3.05, 3.63) is 28.8 Å². The van der Waals surface area contributed by atoms with Crippen LogP contribution in [0.4, 0.5) is 0 Å². The Morgan fingerprint density at radius 2 is 2.38 bits per heavy atom.